The first kappa shape index (κ1) is 22.0. The standard InChI is InChI=1S/C19H15N3.C5H8O2.Ir/c1-20-12-22-18-11-14-7-4-3-6-13(14)10-17(18)21(2)16-9-5-8-15(20)19(16)22;1-4(6)3-5(2)7;/h3-10,12H,1-2H3;3H2,1-2H3;/q-2;;. The molecule has 0 spiro atoms. The van der Waals surface area contributed by atoms with Crippen LogP contribution in [0.15, 0.2) is 48.5 Å². The van der Waals surface area contributed by atoms with Crippen LogP contribution in [0.3, 0.4) is 0 Å². The molecule has 0 fully saturated rings. The maximum absolute atomic E-state index is 10.0. The number of anilines is 5. The van der Waals surface area contributed by atoms with Crippen LogP contribution in [0.2, 0.25) is 0 Å². The number of para-hydroxylation sites is 1. The van der Waals surface area contributed by atoms with Gasteiger partial charge in [0.2, 0.25) is 0 Å². The van der Waals surface area contributed by atoms with Crippen LogP contribution in [0, 0.1) is 12.7 Å². The third-order valence-electron chi connectivity index (χ3n) is 5.11. The number of rotatable bonds is 2. The first-order valence-electron chi connectivity index (χ1n) is 9.54. The zero-order valence-electron chi connectivity index (χ0n) is 17.4. The second-order valence-electron chi connectivity index (χ2n) is 7.47. The molecule has 1 radical (unpaired) electrons. The van der Waals surface area contributed by atoms with E-state index in [4.69, 9.17) is 0 Å². The van der Waals surface area contributed by atoms with Crippen molar-refractivity contribution in [1.29, 1.82) is 0 Å². The minimum absolute atomic E-state index is 0. The smallest absolute Gasteiger partial charge is 0.137 e. The zero-order valence-corrected chi connectivity index (χ0v) is 19.8. The Morgan fingerprint density at radius 2 is 1.60 bits per heavy atom. The molecule has 0 N–H and O–H groups in total. The Bertz CT molecular complexity index is 1120. The van der Waals surface area contributed by atoms with Crippen LogP contribution in [-0.2, 0) is 29.7 Å². The van der Waals surface area contributed by atoms with Crippen molar-refractivity contribution in [2.75, 3.05) is 28.8 Å². The molecule has 0 aromatic heterocycles. The number of Topliss-reactive ketones (excluding diaryl/α,β-unsaturated/α-hetero) is 2. The predicted octanol–water partition coefficient (Wildman–Crippen LogP) is 4.98. The van der Waals surface area contributed by atoms with Gasteiger partial charge in [-0.3, -0.25) is 9.59 Å². The molecule has 0 saturated heterocycles. The Morgan fingerprint density at radius 1 is 0.933 bits per heavy atom. The van der Waals surface area contributed by atoms with Crippen LogP contribution >= 0.6 is 0 Å². The summed E-state index contributed by atoms with van der Waals surface area (Å²) in [6, 6.07) is 20.7. The first-order chi connectivity index (χ1) is 13.9. The number of carbonyl (C=O) groups excluding carboxylic acids is 2. The van der Waals surface area contributed by atoms with Gasteiger partial charge in [-0.25, -0.2) is 0 Å². The second-order valence-corrected chi connectivity index (χ2v) is 7.47. The number of hydrogen-bond acceptors (Lipinski definition) is 5. The van der Waals surface area contributed by atoms with E-state index in [0.29, 0.717) is 0 Å². The molecule has 6 heteroatoms. The summed E-state index contributed by atoms with van der Waals surface area (Å²) in [6.45, 7) is 4.95. The first-order valence-corrected chi connectivity index (χ1v) is 9.54. The predicted molar refractivity (Wildman–Crippen MR) is 118 cm³/mol. The number of ketones is 2. The molecule has 2 heterocycles. The van der Waals surface area contributed by atoms with Crippen molar-refractivity contribution < 1.29 is 29.7 Å². The summed E-state index contributed by atoms with van der Waals surface area (Å²) < 4.78 is 0. The molecule has 157 valence electrons. The largest absolute Gasteiger partial charge is 0.504 e. The van der Waals surface area contributed by atoms with Crippen molar-refractivity contribution in [2.45, 2.75) is 20.3 Å². The van der Waals surface area contributed by atoms with Crippen molar-refractivity contribution in [3.05, 3.63) is 61.3 Å². The molecule has 2 aliphatic rings. The number of hydrogen-bond donors (Lipinski definition) is 0. The Balaban J connectivity index is 0.000000281. The van der Waals surface area contributed by atoms with Gasteiger partial charge in [-0.15, -0.1) is 35.0 Å². The van der Waals surface area contributed by atoms with Gasteiger partial charge in [-0.05, 0) is 44.4 Å². The van der Waals surface area contributed by atoms with Gasteiger partial charge in [-0.1, -0.05) is 18.2 Å². The molecule has 5 nitrogen and oxygen atoms in total. The normalized spacial score (nSPS) is 13.1. The van der Waals surface area contributed by atoms with Crippen LogP contribution < -0.4 is 14.7 Å². The van der Waals surface area contributed by atoms with Crippen molar-refractivity contribution in [3.63, 3.8) is 0 Å². The summed E-state index contributed by atoms with van der Waals surface area (Å²) in [5.74, 6) is -0.125. The van der Waals surface area contributed by atoms with Gasteiger partial charge in [0.05, 0.1) is 17.8 Å². The van der Waals surface area contributed by atoms with E-state index in [-0.39, 0.29) is 38.1 Å². The molecule has 0 amide bonds. The van der Waals surface area contributed by atoms with Crippen LogP contribution in [0.5, 0.6) is 0 Å². The Kier molecular flexibility index (Phi) is 6.30. The fourth-order valence-corrected chi connectivity index (χ4v) is 3.85. The van der Waals surface area contributed by atoms with E-state index >= 15 is 0 Å². The van der Waals surface area contributed by atoms with Gasteiger partial charge in [0, 0.05) is 32.8 Å². The molecule has 5 rings (SSSR count). The summed E-state index contributed by atoms with van der Waals surface area (Å²) in [4.78, 5) is 26.8. The molecule has 3 aromatic rings. The number of nitrogens with zero attached hydrogens (tertiary/aromatic N) is 3. The maximum atomic E-state index is 10.0. The summed E-state index contributed by atoms with van der Waals surface area (Å²) in [5, 5.41) is 2.37. The van der Waals surface area contributed by atoms with E-state index in [0.717, 1.165) is 11.1 Å². The van der Waals surface area contributed by atoms with Gasteiger partial charge in [0.25, 0.3) is 0 Å². The molecule has 0 aliphatic carbocycles. The van der Waals surface area contributed by atoms with Crippen molar-refractivity contribution >= 4 is 50.8 Å². The Labute approximate surface area is 190 Å². The Morgan fingerprint density at radius 3 is 2.27 bits per heavy atom. The van der Waals surface area contributed by atoms with E-state index in [1.807, 2.05) is 0 Å². The average Bonchev–Trinajstić information content (AvgIpc) is 3.02. The van der Waals surface area contributed by atoms with Crippen LogP contribution in [0.1, 0.15) is 20.3 Å². The van der Waals surface area contributed by atoms with Crippen molar-refractivity contribution in [2.24, 2.45) is 0 Å². The molecule has 3 aromatic carbocycles. The van der Waals surface area contributed by atoms with E-state index in [2.05, 4.69) is 90.1 Å². The van der Waals surface area contributed by atoms with E-state index in [1.54, 1.807) is 0 Å². The van der Waals surface area contributed by atoms with E-state index in [1.165, 1.54) is 42.0 Å². The Hall–Kier alpha value is -2.69. The SMILES string of the molecule is CC(=O)CC(C)=O.CN1[CH-]N2c3[c-]c4ccccc4cc3N(C)c3cccc1c32.[Ir]. The van der Waals surface area contributed by atoms with Gasteiger partial charge in [0.15, 0.2) is 0 Å². The minimum atomic E-state index is -0.0625. The maximum Gasteiger partial charge on any atom is 0.137 e. The number of carbonyl (C=O) groups is 2. The summed E-state index contributed by atoms with van der Waals surface area (Å²) in [7, 11) is 4.22. The van der Waals surface area contributed by atoms with Crippen LogP contribution in [-0.4, -0.2) is 25.7 Å². The molecular formula is C24H23IrN3O2-2. The molecule has 0 unspecified atom stereocenters. The van der Waals surface area contributed by atoms with E-state index in [9.17, 15) is 9.59 Å². The van der Waals surface area contributed by atoms with E-state index < -0.39 is 0 Å². The van der Waals surface area contributed by atoms with Gasteiger partial charge < -0.3 is 14.7 Å². The molecule has 2 aliphatic heterocycles. The third kappa shape index (κ3) is 3.85. The number of fused-ring (bicyclic) bond motifs is 3. The summed E-state index contributed by atoms with van der Waals surface area (Å²) in [6.07, 6.45) is 0.0833. The topological polar surface area (TPSA) is 43.9 Å². The fraction of sp³-hybridized carbons (Fsp3) is 0.208. The molecular weight excluding hydrogens is 555 g/mol. The molecule has 0 bridgehead atoms. The third-order valence-corrected chi connectivity index (χ3v) is 5.11. The van der Waals surface area contributed by atoms with Gasteiger partial charge >= 0.3 is 0 Å². The van der Waals surface area contributed by atoms with Crippen LogP contribution in [0.4, 0.5) is 28.4 Å². The molecule has 0 atom stereocenters. The zero-order chi connectivity index (χ0) is 20.7. The molecule has 0 saturated carbocycles. The average molecular weight is 578 g/mol. The van der Waals surface area contributed by atoms with Gasteiger partial charge in [0.1, 0.15) is 11.6 Å². The second kappa shape index (κ2) is 8.58. The van der Waals surface area contributed by atoms with Crippen LogP contribution in [0.25, 0.3) is 10.8 Å². The van der Waals surface area contributed by atoms with Gasteiger partial charge in [-0.2, -0.15) is 6.67 Å². The summed E-state index contributed by atoms with van der Waals surface area (Å²) in [5.41, 5.74) is 6.01. The fourth-order valence-electron chi connectivity index (χ4n) is 3.85. The van der Waals surface area contributed by atoms with Crippen molar-refractivity contribution in [1.82, 2.24) is 0 Å². The summed E-state index contributed by atoms with van der Waals surface area (Å²) >= 11 is 0. The monoisotopic (exact) mass is 578 g/mol. The van der Waals surface area contributed by atoms with Crippen molar-refractivity contribution in [3.8, 4) is 0 Å². The number of benzene rings is 3. The minimum Gasteiger partial charge on any atom is -0.504 e. The quantitative estimate of drug-likeness (QED) is 0.318. The molecule has 30 heavy (non-hydrogen) atoms.